The van der Waals surface area contributed by atoms with Crippen LogP contribution in [0.15, 0.2) is 59.5 Å². The predicted octanol–water partition coefficient (Wildman–Crippen LogP) is 5.15. The molecule has 0 atom stereocenters. The van der Waals surface area contributed by atoms with Gasteiger partial charge in [0.25, 0.3) is 5.91 Å². The Morgan fingerprint density at radius 3 is 2.70 bits per heavy atom. The van der Waals surface area contributed by atoms with Crippen molar-refractivity contribution in [1.82, 2.24) is 14.8 Å². The van der Waals surface area contributed by atoms with Gasteiger partial charge in [-0.25, -0.2) is 4.98 Å². The lowest BCUT2D eigenvalue weighted by Crippen LogP contribution is -2.15. The predicted molar refractivity (Wildman–Crippen MR) is 112 cm³/mol. The van der Waals surface area contributed by atoms with Crippen LogP contribution in [0.25, 0.3) is 15.3 Å². The lowest BCUT2D eigenvalue weighted by Gasteiger charge is -2.07. The van der Waals surface area contributed by atoms with Gasteiger partial charge >= 0.3 is 0 Å². The molecular weight excluding hydrogens is 376 g/mol. The molecule has 0 aliphatic heterocycles. The molecule has 0 unspecified atom stereocenters. The highest BCUT2D eigenvalue weighted by atomic mass is 32.2. The molecule has 0 spiro atoms. The molecule has 0 saturated heterocycles. The fourth-order valence-electron chi connectivity index (χ4n) is 2.74. The molecule has 5 nitrogen and oxygen atoms in total. The molecule has 0 fully saturated rings. The first-order valence-corrected chi connectivity index (χ1v) is 10.4. The summed E-state index contributed by atoms with van der Waals surface area (Å²) in [7, 11) is 0. The van der Waals surface area contributed by atoms with Crippen molar-refractivity contribution >= 4 is 45.0 Å². The number of amides is 1. The summed E-state index contributed by atoms with van der Waals surface area (Å²) in [4.78, 5) is 18.5. The van der Waals surface area contributed by atoms with Crippen molar-refractivity contribution in [1.29, 1.82) is 0 Å². The molecule has 2 aromatic carbocycles. The number of anilines is 1. The third kappa shape index (κ3) is 3.74. The second-order valence-corrected chi connectivity index (χ2v) is 8.30. The van der Waals surface area contributed by atoms with E-state index >= 15 is 0 Å². The normalized spacial score (nSPS) is 11.0. The number of thiazole rings is 1. The Labute approximate surface area is 165 Å². The number of hydrogen-bond donors (Lipinski definition) is 1. The van der Waals surface area contributed by atoms with Crippen LogP contribution in [-0.4, -0.2) is 26.4 Å². The van der Waals surface area contributed by atoms with Gasteiger partial charge < -0.3 is 5.32 Å². The summed E-state index contributed by atoms with van der Waals surface area (Å²) in [6.07, 6.45) is 0. The largest absolute Gasteiger partial charge is 0.306 e. The molecule has 0 radical (unpaired) electrons. The Bertz CT molecular complexity index is 1070. The zero-order chi connectivity index (χ0) is 18.8. The summed E-state index contributed by atoms with van der Waals surface area (Å²) in [5.74, 6) is 1.46. The highest BCUT2D eigenvalue weighted by Crippen LogP contribution is 2.27. The summed E-state index contributed by atoms with van der Waals surface area (Å²) in [6.45, 7) is 4.01. The first kappa shape index (κ1) is 17.8. The van der Waals surface area contributed by atoms with Crippen molar-refractivity contribution in [2.24, 2.45) is 0 Å². The van der Waals surface area contributed by atoms with E-state index in [1.165, 1.54) is 0 Å². The van der Waals surface area contributed by atoms with E-state index in [2.05, 4.69) is 22.3 Å². The summed E-state index contributed by atoms with van der Waals surface area (Å²) < 4.78 is 2.78. The van der Waals surface area contributed by atoms with Gasteiger partial charge in [-0.05, 0) is 49.1 Å². The lowest BCUT2D eigenvalue weighted by atomic mass is 10.2. The van der Waals surface area contributed by atoms with Crippen molar-refractivity contribution in [3.05, 3.63) is 65.9 Å². The number of carbonyl (C=O) groups is 1. The highest BCUT2D eigenvalue weighted by Gasteiger charge is 2.15. The number of hydrogen-bond acceptors (Lipinski definition) is 5. The second-order valence-electron chi connectivity index (χ2n) is 5.96. The Kier molecular flexibility index (Phi) is 4.96. The van der Waals surface area contributed by atoms with Gasteiger partial charge in [0.1, 0.15) is 5.82 Å². The Balaban J connectivity index is 1.61. The Hall–Kier alpha value is -2.64. The van der Waals surface area contributed by atoms with Gasteiger partial charge in [0.2, 0.25) is 5.13 Å². The summed E-state index contributed by atoms with van der Waals surface area (Å²) in [5, 5.41) is 8.20. The molecule has 0 saturated carbocycles. The number of nitrogens with one attached hydrogen (secondary N) is 1. The number of benzene rings is 2. The molecular formula is C20H18N4OS2. The maximum Gasteiger partial charge on any atom is 0.256 e. The van der Waals surface area contributed by atoms with Crippen LogP contribution in [0.2, 0.25) is 0 Å². The smallest absolute Gasteiger partial charge is 0.256 e. The van der Waals surface area contributed by atoms with E-state index in [1.54, 1.807) is 27.8 Å². The van der Waals surface area contributed by atoms with Crippen LogP contribution in [0.4, 0.5) is 5.82 Å². The van der Waals surface area contributed by atoms with E-state index in [9.17, 15) is 4.79 Å². The van der Waals surface area contributed by atoms with Gasteiger partial charge in [0.05, 0.1) is 15.9 Å². The molecule has 0 bridgehead atoms. The molecule has 2 heterocycles. The fraction of sp³-hybridized carbons (Fsp3) is 0.150. The molecule has 0 aliphatic rings. The zero-order valence-corrected chi connectivity index (χ0v) is 16.6. The van der Waals surface area contributed by atoms with Gasteiger partial charge in [-0.1, -0.05) is 30.4 Å². The van der Waals surface area contributed by atoms with Crippen molar-refractivity contribution in [2.75, 3.05) is 11.1 Å². The Morgan fingerprint density at radius 1 is 1.19 bits per heavy atom. The lowest BCUT2D eigenvalue weighted by molar-refractivity contribution is 0.102. The maximum atomic E-state index is 12.7. The number of para-hydroxylation sites is 1. The van der Waals surface area contributed by atoms with E-state index in [4.69, 9.17) is 0 Å². The van der Waals surface area contributed by atoms with Gasteiger partial charge in [-0.3, -0.25) is 4.79 Å². The van der Waals surface area contributed by atoms with Crippen LogP contribution in [-0.2, 0) is 0 Å². The number of fused-ring (bicyclic) bond motifs is 1. The van der Waals surface area contributed by atoms with Crippen molar-refractivity contribution < 1.29 is 4.79 Å². The minimum atomic E-state index is -0.162. The Morgan fingerprint density at radius 2 is 1.96 bits per heavy atom. The molecule has 4 aromatic rings. The SMILES string of the molecule is CCSc1ccc(C(=O)Nc2cc(C)nn2-c2nc3ccccc3s2)cc1. The highest BCUT2D eigenvalue weighted by molar-refractivity contribution is 7.99. The molecule has 27 heavy (non-hydrogen) atoms. The molecule has 7 heteroatoms. The van der Waals surface area contributed by atoms with E-state index < -0.39 is 0 Å². The topological polar surface area (TPSA) is 59.8 Å². The number of aryl methyl sites for hydroxylation is 1. The summed E-state index contributed by atoms with van der Waals surface area (Å²) >= 11 is 3.30. The number of aromatic nitrogens is 3. The van der Waals surface area contributed by atoms with Crippen LogP contribution in [0.5, 0.6) is 0 Å². The first-order chi connectivity index (χ1) is 13.1. The number of rotatable bonds is 5. The monoisotopic (exact) mass is 394 g/mol. The maximum absolute atomic E-state index is 12.7. The minimum absolute atomic E-state index is 0.162. The number of nitrogens with zero attached hydrogens (tertiary/aromatic N) is 3. The molecule has 1 N–H and O–H groups in total. The van der Waals surface area contributed by atoms with Crippen molar-refractivity contribution in [2.45, 2.75) is 18.7 Å². The molecule has 4 rings (SSSR count). The molecule has 136 valence electrons. The van der Waals surface area contributed by atoms with E-state index in [-0.39, 0.29) is 5.91 Å². The van der Waals surface area contributed by atoms with Crippen LogP contribution in [0.3, 0.4) is 0 Å². The first-order valence-electron chi connectivity index (χ1n) is 8.61. The average molecular weight is 395 g/mol. The van der Waals surface area contributed by atoms with E-state index in [0.717, 1.165) is 31.7 Å². The van der Waals surface area contributed by atoms with Gasteiger partial charge in [0, 0.05) is 16.5 Å². The third-order valence-electron chi connectivity index (χ3n) is 3.96. The number of thioether (sulfide) groups is 1. The van der Waals surface area contributed by atoms with Crippen molar-refractivity contribution in [3.8, 4) is 5.13 Å². The van der Waals surface area contributed by atoms with Crippen LogP contribution < -0.4 is 5.32 Å². The quantitative estimate of drug-likeness (QED) is 0.475. The van der Waals surface area contributed by atoms with Gasteiger partial charge in [-0.15, -0.1) is 11.8 Å². The van der Waals surface area contributed by atoms with Crippen molar-refractivity contribution in [3.63, 3.8) is 0 Å². The molecule has 1 amide bonds. The standard InChI is InChI=1S/C20H18N4OS2/c1-3-26-15-10-8-14(9-11-15)19(25)22-18-12-13(2)23-24(18)20-21-16-6-4-5-7-17(16)27-20/h4-12H,3H2,1-2H3,(H,22,25). The zero-order valence-electron chi connectivity index (χ0n) is 15.0. The van der Waals surface area contributed by atoms with Gasteiger partial charge in [-0.2, -0.15) is 9.78 Å². The number of carbonyl (C=O) groups excluding carboxylic acids is 1. The average Bonchev–Trinajstić information content (AvgIpc) is 3.25. The van der Waals surface area contributed by atoms with Crippen LogP contribution in [0, 0.1) is 6.92 Å². The fourth-order valence-corrected chi connectivity index (χ4v) is 4.34. The minimum Gasteiger partial charge on any atom is -0.306 e. The molecule has 0 aliphatic carbocycles. The van der Waals surface area contributed by atoms with Gasteiger partial charge in [0.15, 0.2) is 0 Å². The summed E-state index contributed by atoms with van der Waals surface area (Å²) in [5.41, 5.74) is 2.36. The summed E-state index contributed by atoms with van der Waals surface area (Å²) in [6, 6.07) is 17.4. The second kappa shape index (κ2) is 7.54. The van der Waals surface area contributed by atoms with E-state index in [1.807, 2.05) is 61.5 Å². The molecule has 2 aromatic heterocycles. The van der Waals surface area contributed by atoms with Crippen LogP contribution in [0.1, 0.15) is 23.0 Å². The van der Waals surface area contributed by atoms with Crippen LogP contribution >= 0.6 is 23.1 Å². The van der Waals surface area contributed by atoms with E-state index in [0.29, 0.717) is 11.4 Å². The third-order valence-corrected chi connectivity index (χ3v) is 5.87.